The fourth-order valence-corrected chi connectivity index (χ4v) is 1.88. The molecule has 0 saturated carbocycles. The molecule has 1 amide bonds. The van der Waals surface area contributed by atoms with Gasteiger partial charge in [0.2, 0.25) is 0 Å². The Kier molecular flexibility index (Phi) is 3.69. The lowest BCUT2D eigenvalue weighted by Gasteiger charge is -2.02. The topological polar surface area (TPSA) is 85.8 Å². The van der Waals surface area contributed by atoms with Gasteiger partial charge in [-0.2, -0.15) is 5.10 Å². The SMILES string of the molecule is CC(C)n1ccc(-c2nnc(NC(=O)c3ccccc3)o2)n1. The van der Waals surface area contributed by atoms with Gasteiger partial charge in [-0.3, -0.25) is 14.8 Å². The van der Waals surface area contributed by atoms with E-state index >= 15 is 0 Å². The molecule has 1 aromatic carbocycles. The van der Waals surface area contributed by atoms with Crippen LogP contribution in [0, 0.1) is 0 Å². The molecular formula is C15H15N5O2. The largest absolute Gasteiger partial charge is 0.401 e. The van der Waals surface area contributed by atoms with Crippen molar-refractivity contribution in [2.45, 2.75) is 19.9 Å². The molecule has 1 N–H and O–H groups in total. The molecule has 0 fully saturated rings. The van der Waals surface area contributed by atoms with E-state index in [1.165, 1.54) is 0 Å². The number of benzene rings is 1. The minimum atomic E-state index is -0.302. The molecular weight excluding hydrogens is 282 g/mol. The summed E-state index contributed by atoms with van der Waals surface area (Å²) in [6.45, 7) is 4.05. The van der Waals surface area contributed by atoms with E-state index in [1.807, 2.05) is 26.1 Å². The van der Waals surface area contributed by atoms with Gasteiger partial charge in [0.25, 0.3) is 11.8 Å². The molecule has 0 atom stereocenters. The Balaban J connectivity index is 1.75. The van der Waals surface area contributed by atoms with E-state index in [0.717, 1.165) is 0 Å². The molecule has 0 spiro atoms. The molecule has 0 aliphatic heterocycles. The number of anilines is 1. The van der Waals surface area contributed by atoms with Gasteiger partial charge in [0.05, 0.1) is 0 Å². The molecule has 3 aromatic rings. The minimum Gasteiger partial charge on any atom is -0.401 e. The van der Waals surface area contributed by atoms with Gasteiger partial charge in [-0.25, -0.2) is 0 Å². The molecule has 22 heavy (non-hydrogen) atoms. The van der Waals surface area contributed by atoms with Crippen molar-refractivity contribution in [1.82, 2.24) is 20.0 Å². The quantitative estimate of drug-likeness (QED) is 0.800. The van der Waals surface area contributed by atoms with Crippen LogP contribution in [-0.4, -0.2) is 25.9 Å². The number of amides is 1. The van der Waals surface area contributed by atoms with E-state index in [-0.39, 0.29) is 23.9 Å². The van der Waals surface area contributed by atoms with E-state index in [4.69, 9.17) is 4.42 Å². The van der Waals surface area contributed by atoms with E-state index < -0.39 is 0 Å². The fourth-order valence-electron chi connectivity index (χ4n) is 1.88. The second-order valence-corrected chi connectivity index (χ2v) is 5.01. The van der Waals surface area contributed by atoms with Crippen LogP contribution >= 0.6 is 0 Å². The first-order valence-electron chi connectivity index (χ1n) is 6.89. The molecule has 0 radical (unpaired) electrons. The predicted molar refractivity (Wildman–Crippen MR) is 80.3 cm³/mol. The summed E-state index contributed by atoms with van der Waals surface area (Å²) in [5, 5.41) is 14.6. The number of carbonyl (C=O) groups excluding carboxylic acids is 1. The molecule has 0 bridgehead atoms. The molecule has 0 saturated heterocycles. The molecule has 2 aromatic heterocycles. The fraction of sp³-hybridized carbons (Fsp3) is 0.200. The van der Waals surface area contributed by atoms with E-state index in [0.29, 0.717) is 11.3 Å². The van der Waals surface area contributed by atoms with Crippen LogP contribution in [0.4, 0.5) is 6.01 Å². The van der Waals surface area contributed by atoms with Gasteiger partial charge in [0.15, 0.2) is 0 Å². The summed E-state index contributed by atoms with van der Waals surface area (Å²) >= 11 is 0. The van der Waals surface area contributed by atoms with Gasteiger partial charge in [0.1, 0.15) is 5.69 Å². The number of rotatable bonds is 4. The normalized spacial score (nSPS) is 10.9. The maximum Gasteiger partial charge on any atom is 0.322 e. The number of nitrogens with zero attached hydrogens (tertiary/aromatic N) is 4. The van der Waals surface area contributed by atoms with Crippen LogP contribution in [0.1, 0.15) is 30.2 Å². The van der Waals surface area contributed by atoms with Crippen molar-refractivity contribution in [2.75, 3.05) is 5.32 Å². The summed E-state index contributed by atoms with van der Waals surface area (Å²) in [7, 11) is 0. The Morgan fingerprint density at radius 1 is 1.18 bits per heavy atom. The van der Waals surface area contributed by atoms with Crippen molar-refractivity contribution in [3.05, 3.63) is 48.2 Å². The summed E-state index contributed by atoms with van der Waals surface area (Å²) in [5.41, 5.74) is 1.09. The molecule has 3 rings (SSSR count). The van der Waals surface area contributed by atoms with E-state index in [9.17, 15) is 4.79 Å². The molecule has 7 heteroatoms. The third-order valence-corrected chi connectivity index (χ3v) is 3.04. The summed E-state index contributed by atoms with van der Waals surface area (Å²) < 4.78 is 7.22. The summed E-state index contributed by atoms with van der Waals surface area (Å²) in [6, 6.07) is 10.9. The molecule has 0 aliphatic carbocycles. The first kappa shape index (κ1) is 14.0. The van der Waals surface area contributed by atoms with Crippen molar-refractivity contribution >= 4 is 11.9 Å². The highest BCUT2D eigenvalue weighted by molar-refractivity contribution is 6.03. The summed E-state index contributed by atoms with van der Waals surface area (Å²) in [4.78, 5) is 12.0. The highest BCUT2D eigenvalue weighted by atomic mass is 16.4. The van der Waals surface area contributed by atoms with E-state index in [2.05, 4.69) is 20.6 Å². The Morgan fingerprint density at radius 3 is 2.64 bits per heavy atom. The van der Waals surface area contributed by atoms with Crippen LogP contribution in [0.5, 0.6) is 0 Å². The second kappa shape index (κ2) is 5.80. The molecule has 112 valence electrons. The minimum absolute atomic E-state index is 0.0444. The van der Waals surface area contributed by atoms with Crippen molar-refractivity contribution in [1.29, 1.82) is 0 Å². The Hall–Kier alpha value is -2.96. The van der Waals surface area contributed by atoms with Crippen LogP contribution in [0.25, 0.3) is 11.6 Å². The Morgan fingerprint density at radius 2 is 1.95 bits per heavy atom. The van der Waals surface area contributed by atoms with Gasteiger partial charge in [-0.05, 0) is 32.0 Å². The lowest BCUT2D eigenvalue weighted by molar-refractivity contribution is 0.102. The number of hydrogen-bond donors (Lipinski definition) is 1. The maximum atomic E-state index is 12.0. The number of aromatic nitrogens is 4. The second-order valence-electron chi connectivity index (χ2n) is 5.01. The van der Waals surface area contributed by atoms with Crippen LogP contribution in [0.2, 0.25) is 0 Å². The molecule has 7 nitrogen and oxygen atoms in total. The smallest absolute Gasteiger partial charge is 0.322 e. The van der Waals surface area contributed by atoms with Crippen LogP contribution < -0.4 is 5.32 Å². The molecule has 0 unspecified atom stereocenters. The van der Waals surface area contributed by atoms with Crippen molar-refractivity contribution in [3.8, 4) is 11.6 Å². The monoisotopic (exact) mass is 297 g/mol. The molecule has 2 heterocycles. The zero-order valence-electron chi connectivity index (χ0n) is 12.2. The number of carbonyl (C=O) groups is 1. The number of nitrogens with one attached hydrogen (secondary N) is 1. The molecule has 0 aliphatic rings. The van der Waals surface area contributed by atoms with Crippen LogP contribution in [0.3, 0.4) is 0 Å². The first-order chi connectivity index (χ1) is 10.6. The third-order valence-electron chi connectivity index (χ3n) is 3.04. The standard InChI is InChI=1S/C15H15N5O2/c1-10(2)20-9-8-12(19-20)14-17-18-15(22-14)16-13(21)11-6-4-3-5-7-11/h3-10H,1-2H3,(H,16,18,21). The van der Waals surface area contributed by atoms with Gasteiger partial charge in [-0.1, -0.05) is 23.3 Å². The summed E-state index contributed by atoms with van der Waals surface area (Å²) in [6.07, 6.45) is 1.84. The van der Waals surface area contributed by atoms with Gasteiger partial charge < -0.3 is 4.42 Å². The van der Waals surface area contributed by atoms with Crippen LogP contribution in [0.15, 0.2) is 47.0 Å². The third kappa shape index (κ3) is 2.88. The van der Waals surface area contributed by atoms with Gasteiger partial charge in [-0.15, -0.1) is 5.10 Å². The zero-order valence-corrected chi connectivity index (χ0v) is 12.2. The Labute approximate surface area is 127 Å². The van der Waals surface area contributed by atoms with Crippen molar-refractivity contribution < 1.29 is 9.21 Å². The van der Waals surface area contributed by atoms with Crippen molar-refractivity contribution in [2.24, 2.45) is 0 Å². The zero-order chi connectivity index (χ0) is 15.5. The average Bonchev–Trinajstić information content (AvgIpc) is 3.16. The Bertz CT molecular complexity index is 776. The number of hydrogen-bond acceptors (Lipinski definition) is 5. The lowest BCUT2D eigenvalue weighted by Crippen LogP contribution is -2.11. The first-order valence-corrected chi connectivity index (χ1v) is 6.89. The highest BCUT2D eigenvalue weighted by Crippen LogP contribution is 2.19. The summed E-state index contributed by atoms with van der Waals surface area (Å²) in [5.74, 6) is -0.0359. The van der Waals surface area contributed by atoms with Crippen molar-refractivity contribution in [3.63, 3.8) is 0 Å². The van der Waals surface area contributed by atoms with E-state index in [1.54, 1.807) is 35.0 Å². The highest BCUT2D eigenvalue weighted by Gasteiger charge is 2.14. The maximum absolute atomic E-state index is 12.0. The average molecular weight is 297 g/mol. The van der Waals surface area contributed by atoms with Gasteiger partial charge in [0, 0.05) is 17.8 Å². The lowest BCUT2D eigenvalue weighted by atomic mass is 10.2. The van der Waals surface area contributed by atoms with Gasteiger partial charge >= 0.3 is 6.01 Å². The predicted octanol–water partition coefficient (Wildman–Crippen LogP) is 2.77. The van der Waals surface area contributed by atoms with Crippen LogP contribution in [-0.2, 0) is 0 Å².